The highest BCUT2D eigenvalue weighted by Crippen LogP contribution is 2.23. The number of halogens is 2. The molecule has 0 aliphatic rings. The van der Waals surface area contributed by atoms with E-state index in [2.05, 4.69) is 0 Å². The fraction of sp³-hybridized carbons (Fsp3) is 0.273. The lowest BCUT2D eigenvalue weighted by Crippen LogP contribution is -2.16. The van der Waals surface area contributed by atoms with Crippen molar-refractivity contribution in [1.29, 1.82) is 5.41 Å². The topological polar surface area (TPSA) is 76.2 Å². The maximum Gasteiger partial charge on any atom is 0.250 e. The number of rotatable bonds is 6. The third kappa shape index (κ3) is 3.51. The number of nitrogens with two attached hydrogens (primary N) is 1. The number of hydrogen-bond donors (Lipinski definition) is 2. The Morgan fingerprint density at radius 1 is 1.59 bits per heavy atom. The summed E-state index contributed by atoms with van der Waals surface area (Å²) in [5.74, 6) is -1.44. The molecule has 0 saturated heterocycles. The van der Waals surface area contributed by atoms with Crippen molar-refractivity contribution >= 4 is 23.7 Å². The number of carbonyl (C=O) groups is 1. The molecule has 0 aliphatic carbocycles. The average molecular weight is 259 g/mol. The van der Waals surface area contributed by atoms with Crippen molar-refractivity contribution in [3.8, 4) is 0 Å². The SMILES string of the molecule is N=CCOCCc1ccc(F)c(Cl)c1C(N)=O. The maximum atomic E-state index is 13.2. The van der Waals surface area contributed by atoms with E-state index in [1.807, 2.05) is 0 Å². The van der Waals surface area contributed by atoms with Gasteiger partial charge in [0.2, 0.25) is 0 Å². The first-order valence-corrected chi connectivity index (χ1v) is 5.29. The summed E-state index contributed by atoms with van der Waals surface area (Å²) < 4.78 is 18.2. The molecule has 0 bridgehead atoms. The monoisotopic (exact) mass is 258 g/mol. The van der Waals surface area contributed by atoms with Crippen LogP contribution in [0.4, 0.5) is 4.39 Å². The Bertz CT molecular complexity index is 438. The van der Waals surface area contributed by atoms with E-state index in [1.165, 1.54) is 12.1 Å². The number of nitrogens with one attached hydrogen (secondary N) is 1. The molecule has 0 aromatic heterocycles. The van der Waals surface area contributed by atoms with Crippen molar-refractivity contribution in [3.05, 3.63) is 34.1 Å². The zero-order valence-corrected chi connectivity index (χ0v) is 9.76. The first-order valence-electron chi connectivity index (χ1n) is 4.91. The van der Waals surface area contributed by atoms with Crippen LogP contribution in [0.1, 0.15) is 15.9 Å². The predicted molar refractivity (Wildman–Crippen MR) is 63.2 cm³/mol. The van der Waals surface area contributed by atoms with Crippen molar-refractivity contribution in [2.75, 3.05) is 13.2 Å². The molecular formula is C11H12ClFN2O2. The van der Waals surface area contributed by atoms with E-state index in [4.69, 9.17) is 27.5 Å². The minimum absolute atomic E-state index is 0.00915. The predicted octanol–water partition coefficient (Wildman–Crippen LogP) is 1.79. The molecule has 17 heavy (non-hydrogen) atoms. The van der Waals surface area contributed by atoms with Gasteiger partial charge in [0.1, 0.15) is 5.82 Å². The van der Waals surface area contributed by atoms with Gasteiger partial charge in [0.25, 0.3) is 5.91 Å². The minimum atomic E-state index is -0.767. The van der Waals surface area contributed by atoms with Crippen LogP contribution in [0.3, 0.4) is 0 Å². The van der Waals surface area contributed by atoms with E-state index in [9.17, 15) is 9.18 Å². The summed E-state index contributed by atoms with van der Waals surface area (Å²) >= 11 is 5.68. The molecule has 0 aliphatic heterocycles. The zero-order valence-electron chi connectivity index (χ0n) is 9.00. The van der Waals surface area contributed by atoms with Crippen LogP contribution in [0.2, 0.25) is 5.02 Å². The summed E-state index contributed by atoms with van der Waals surface area (Å²) in [4.78, 5) is 11.2. The third-order valence-electron chi connectivity index (χ3n) is 2.14. The Labute approximate surface area is 103 Å². The summed E-state index contributed by atoms with van der Waals surface area (Å²) in [5, 5.41) is 6.50. The summed E-state index contributed by atoms with van der Waals surface area (Å²) in [6.07, 6.45) is 1.50. The summed E-state index contributed by atoms with van der Waals surface area (Å²) in [6, 6.07) is 2.63. The summed E-state index contributed by atoms with van der Waals surface area (Å²) in [7, 11) is 0. The summed E-state index contributed by atoms with van der Waals surface area (Å²) in [5.41, 5.74) is 5.67. The van der Waals surface area contributed by atoms with Crippen LogP contribution in [-0.2, 0) is 11.2 Å². The molecule has 92 valence electrons. The van der Waals surface area contributed by atoms with E-state index >= 15 is 0 Å². The number of benzene rings is 1. The highest BCUT2D eigenvalue weighted by molar-refractivity contribution is 6.34. The van der Waals surface area contributed by atoms with Crippen LogP contribution in [0.25, 0.3) is 0 Å². The quantitative estimate of drug-likeness (QED) is 0.603. The standard InChI is InChI=1S/C11H12ClFN2O2/c12-10-8(13)2-1-7(9(10)11(15)16)3-5-17-6-4-14/h1-2,4,14H,3,5-6H2,(H2,15,16). The molecule has 0 saturated carbocycles. The first kappa shape index (κ1) is 13.6. The van der Waals surface area contributed by atoms with Gasteiger partial charge in [-0.3, -0.25) is 4.79 Å². The van der Waals surface area contributed by atoms with E-state index < -0.39 is 11.7 Å². The Balaban J connectivity index is 2.87. The number of primary amides is 1. The molecule has 0 radical (unpaired) electrons. The van der Waals surface area contributed by atoms with Crippen LogP contribution >= 0.6 is 11.6 Å². The Kier molecular flexibility index (Phi) is 5.06. The Morgan fingerprint density at radius 3 is 2.88 bits per heavy atom. The number of amides is 1. The van der Waals surface area contributed by atoms with Gasteiger partial charge in [0.05, 0.1) is 23.8 Å². The van der Waals surface area contributed by atoms with Crippen molar-refractivity contribution in [1.82, 2.24) is 0 Å². The van der Waals surface area contributed by atoms with Gasteiger partial charge in [-0.1, -0.05) is 17.7 Å². The molecule has 0 atom stereocenters. The van der Waals surface area contributed by atoms with Crippen LogP contribution in [0.5, 0.6) is 0 Å². The fourth-order valence-corrected chi connectivity index (χ4v) is 1.67. The lowest BCUT2D eigenvalue weighted by atomic mass is 10.0. The van der Waals surface area contributed by atoms with Gasteiger partial charge in [-0.15, -0.1) is 0 Å². The van der Waals surface area contributed by atoms with Gasteiger partial charge in [0.15, 0.2) is 0 Å². The van der Waals surface area contributed by atoms with E-state index in [0.717, 1.165) is 6.21 Å². The maximum absolute atomic E-state index is 13.2. The van der Waals surface area contributed by atoms with E-state index in [1.54, 1.807) is 0 Å². The first-order chi connectivity index (χ1) is 8.07. The van der Waals surface area contributed by atoms with Gasteiger partial charge in [-0.25, -0.2) is 4.39 Å². The molecule has 0 fully saturated rings. The van der Waals surface area contributed by atoms with Crippen LogP contribution in [-0.4, -0.2) is 25.3 Å². The largest absolute Gasteiger partial charge is 0.375 e. The molecular weight excluding hydrogens is 247 g/mol. The molecule has 4 nitrogen and oxygen atoms in total. The van der Waals surface area contributed by atoms with Crippen LogP contribution < -0.4 is 5.73 Å². The normalized spacial score (nSPS) is 10.2. The molecule has 0 unspecified atom stereocenters. The second kappa shape index (κ2) is 6.32. The number of carbonyl (C=O) groups excluding carboxylic acids is 1. The minimum Gasteiger partial charge on any atom is -0.375 e. The van der Waals surface area contributed by atoms with Gasteiger partial charge in [0, 0.05) is 6.21 Å². The highest BCUT2D eigenvalue weighted by Gasteiger charge is 2.16. The lowest BCUT2D eigenvalue weighted by Gasteiger charge is -2.09. The van der Waals surface area contributed by atoms with Crippen molar-refractivity contribution in [3.63, 3.8) is 0 Å². The Hall–Kier alpha value is -1.46. The van der Waals surface area contributed by atoms with Crippen molar-refractivity contribution < 1.29 is 13.9 Å². The Morgan fingerprint density at radius 2 is 2.29 bits per heavy atom. The van der Waals surface area contributed by atoms with Crippen molar-refractivity contribution in [2.45, 2.75) is 6.42 Å². The molecule has 1 aromatic carbocycles. The molecule has 6 heteroatoms. The second-order valence-corrected chi connectivity index (χ2v) is 3.67. The van der Waals surface area contributed by atoms with E-state index in [-0.39, 0.29) is 17.2 Å². The zero-order chi connectivity index (χ0) is 12.8. The van der Waals surface area contributed by atoms with Gasteiger partial charge in [-0.2, -0.15) is 0 Å². The highest BCUT2D eigenvalue weighted by atomic mass is 35.5. The molecule has 1 rings (SSSR count). The van der Waals surface area contributed by atoms with Gasteiger partial charge in [-0.05, 0) is 18.1 Å². The van der Waals surface area contributed by atoms with E-state index in [0.29, 0.717) is 18.6 Å². The molecule has 0 spiro atoms. The average Bonchev–Trinajstić information content (AvgIpc) is 2.28. The van der Waals surface area contributed by atoms with Crippen LogP contribution in [0, 0.1) is 11.2 Å². The number of ether oxygens (including phenoxy) is 1. The lowest BCUT2D eigenvalue weighted by molar-refractivity contribution is 0.0998. The molecule has 3 N–H and O–H groups in total. The third-order valence-corrected chi connectivity index (χ3v) is 2.51. The fourth-order valence-electron chi connectivity index (χ4n) is 1.39. The van der Waals surface area contributed by atoms with Gasteiger partial charge < -0.3 is 15.9 Å². The molecule has 1 aromatic rings. The smallest absolute Gasteiger partial charge is 0.250 e. The van der Waals surface area contributed by atoms with Crippen molar-refractivity contribution in [2.24, 2.45) is 5.73 Å². The molecule has 1 amide bonds. The second-order valence-electron chi connectivity index (χ2n) is 3.29. The molecule has 0 heterocycles. The van der Waals surface area contributed by atoms with Crippen LogP contribution in [0.15, 0.2) is 12.1 Å². The summed E-state index contributed by atoms with van der Waals surface area (Å²) in [6.45, 7) is 0.498. The number of hydrogen-bond acceptors (Lipinski definition) is 3. The van der Waals surface area contributed by atoms with Gasteiger partial charge >= 0.3 is 0 Å².